The average Bonchev–Trinajstić information content (AvgIpc) is 4.10. The molecule has 0 bridgehead atoms. The largest absolute Gasteiger partial charge is 0.493 e. The van der Waals surface area contributed by atoms with Gasteiger partial charge in [0.1, 0.15) is 34.7 Å². The van der Waals surface area contributed by atoms with Crippen LogP contribution in [-0.4, -0.2) is 114 Å². The monoisotopic (exact) mass is 865 g/mol. The van der Waals surface area contributed by atoms with Crippen LogP contribution in [0.5, 0.6) is 11.5 Å². The number of benzene rings is 1. The second-order valence-electron chi connectivity index (χ2n) is 19.3. The molecular weight excluding hydrogens is 803 g/mol. The van der Waals surface area contributed by atoms with Gasteiger partial charge in [-0.2, -0.15) is 0 Å². The summed E-state index contributed by atoms with van der Waals surface area (Å²) in [6, 6.07) is 3.59. The number of allylic oxidation sites excluding steroid dienone is 1. The van der Waals surface area contributed by atoms with Gasteiger partial charge in [-0.1, -0.05) is 52.7 Å². The first-order valence-electron chi connectivity index (χ1n) is 22.0. The van der Waals surface area contributed by atoms with E-state index in [4.69, 9.17) is 19.2 Å². The van der Waals surface area contributed by atoms with E-state index >= 15 is 4.79 Å². The van der Waals surface area contributed by atoms with Gasteiger partial charge in [0.15, 0.2) is 0 Å². The van der Waals surface area contributed by atoms with E-state index in [0.29, 0.717) is 69.7 Å². The van der Waals surface area contributed by atoms with E-state index in [1.165, 1.54) is 9.80 Å². The molecule has 0 radical (unpaired) electrons. The van der Waals surface area contributed by atoms with Crippen molar-refractivity contribution in [1.29, 1.82) is 0 Å². The third-order valence-electron chi connectivity index (χ3n) is 13.2. The number of nitrogens with one attached hydrogen (secondary N) is 2. The number of fused-ring (bicyclic) bond motifs is 5. The number of hydrogen-bond donors (Lipinski definition) is 3. The SMILES string of the molecule is CCc1nc2ccc(OCCCOC)cc2c2c1O[C@]1(CC2)C[C@H]2C(=O)N[C@]3(C(=O)NS(=O)(=O)C4(C)CC4)C[C@H]3/C=C\CCCCC[C@H](N(CC(C)(C)C)C(=O)O)C(=O)N2C1. The summed E-state index contributed by atoms with van der Waals surface area (Å²) in [5.41, 5.74) is -0.559. The minimum atomic E-state index is -4.02. The molecule has 1 spiro atoms. The Morgan fingerprint density at radius 3 is 2.57 bits per heavy atom. The molecule has 334 valence electrons. The predicted octanol–water partition coefficient (Wildman–Crippen LogP) is 5.67. The lowest BCUT2D eigenvalue weighted by Gasteiger charge is -2.38. The Morgan fingerprint density at radius 2 is 1.89 bits per heavy atom. The van der Waals surface area contributed by atoms with Crippen molar-refractivity contribution in [2.24, 2.45) is 11.3 Å². The van der Waals surface area contributed by atoms with Crippen molar-refractivity contribution in [2.75, 3.05) is 33.4 Å². The van der Waals surface area contributed by atoms with Crippen molar-refractivity contribution >= 4 is 44.7 Å². The molecule has 3 fully saturated rings. The fourth-order valence-corrected chi connectivity index (χ4v) is 10.6. The van der Waals surface area contributed by atoms with E-state index in [9.17, 15) is 27.9 Å². The van der Waals surface area contributed by atoms with Gasteiger partial charge >= 0.3 is 6.09 Å². The smallest absolute Gasteiger partial charge is 0.407 e. The predicted molar refractivity (Wildman–Crippen MR) is 229 cm³/mol. The summed E-state index contributed by atoms with van der Waals surface area (Å²) in [5.74, 6) is -1.07. The quantitative estimate of drug-likeness (QED) is 0.186. The number of carbonyl (C=O) groups is 4. The lowest BCUT2D eigenvalue weighted by atomic mass is 9.87. The topological polar surface area (TPSA) is 194 Å². The molecule has 4 amide bonds. The van der Waals surface area contributed by atoms with Gasteiger partial charge in [-0.15, -0.1) is 0 Å². The van der Waals surface area contributed by atoms with Crippen molar-refractivity contribution in [3.63, 3.8) is 0 Å². The molecule has 16 heteroatoms. The molecule has 1 saturated heterocycles. The molecule has 1 aromatic heterocycles. The molecule has 2 saturated carbocycles. The normalized spacial score (nSPS) is 28.0. The Kier molecular flexibility index (Phi) is 12.5. The van der Waals surface area contributed by atoms with Crippen LogP contribution >= 0.6 is 0 Å². The molecular formula is C45H63N5O10S. The second-order valence-corrected chi connectivity index (χ2v) is 21.5. The van der Waals surface area contributed by atoms with Crippen molar-refractivity contribution in [3.05, 3.63) is 41.6 Å². The molecule has 2 aromatic rings. The third kappa shape index (κ3) is 9.21. The molecule has 4 heterocycles. The third-order valence-corrected chi connectivity index (χ3v) is 15.3. The van der Waals surface area contributed by atoms with Crippen molar-refractivity contribution in [3.8, 4) is 11.5 Å². The highest BCUT2D eigenvalue weighted by atomic mass is 32.2. The summed E-state index contributed by atoms with van der Waals surface area (Å²) < 4.78 is 46.1. The first-order chi connectivity index (χ1) is 28.8. The highest BCUT2D eigenvalue weighted by Crippen LogP contribution is 2.49. The maximum atomic E-state index is 15.2. The maximum Gasteiger partial charge on any atom is 0.407 e. The molecule has 3 aliphatic heterocycles. The molecule has 3 N–H and O–H groups in total. The zero-order valence-electron chi connectivity index (χ0n) is 36.5. The van der Waals surface area contributed by atoms with Crippen LogP contribution in [0.1, 0.15) is 117 Å². The summed E-state index contributed by atoms with van der Waals surface area (Å²) in [6.07, 6.45) is 9.05. The van der Waals surface area contributed by atoms with Gasteiger partial charge in [-0.25, -0.2) is 18.2 Å². The number of rotatable bonds is 11. The van der Waals surface area contributed by atoms with Gasteiger partial charge < -0.3 is 29.5 Å². The average molecular weight is 866 g/mol. The number of nitrogens with zero attached hydrogens (tertiary/aromatic N) is 3. The molecule has 7 rings (SSSR count). The summed E-state index contributed by atoms with van der Waals surface area (Å²) in [7, 11) is -2.37. The number of hydrogen-bond acceptors (Lipinski definition) is 10. The van der Waals surface area contributed by atoms with E-state index < -0.39 is 73.1 Å². The minimum Gasteiger partial charge on any atom is -0.493 e. The van der Waals surface area contributed by atoms with Crippen molar-refractivity contribution in [1.82, 2.24) is 24.8 Å². The maximum absolute atomic E-state index is 15.2. The number of pyridine rings is 1. The van der Waals surface area contributed by atoms with E-state index in [0.717, 1.165) is 41.4 Å². The number of aryl methyl sites for hydroxylation is 2. The summed E-state index contributed by atoms with van der Waals surface area (Å²) in [4.78, 5) is 64.8. The van der Waals surface area contributed by atoms with Crippen LogP contribution < -0.4 is 19.5 Å². The van der Waals surface area contributed by atoms with Crippen LogP contribution in [0.2, 0.25) is 0 Å². The fourth-order valence-electron chi connectivity index (χ4n) is 9.26. The molecule has 0 unspecified atom stereocenters. The molecule has 15 nitrogen and oxygen atoms in total. The van der Waals surface area contributed by atoms with Crippen LogP contribution in [0.4, 0.5) is 4.79 Å². The lowest BCUT2D eigenvalue weighted by molar-refractivity contribution is -0.143. The summed E-state index contributed by atoms with van der Waals surface area (Å²) >= 11 is 0. The standard InChI is InChI=1S/C45H63N5O10S/c1-7-33-37-31(32-24-30(16-17-34(32)46-33)59-23-13-22-58-6)18-19-44(60-37)26-36-38(51)47-45(40(53)48-61(56,57)43(5)20-21-43)25-29(45)14-11-9-8-10-12-15-35(39(52)49(36)28-44)50(41(54)55)27-42(2,3)4/h11,14,16-17,24,29,35-36H,7-10,12-13,15,18-23,25-28H2,1-6H3,(H,47,51)(H,48,53)(H,54,55)/b14-11-/t29-,35+,36+,44-,45-/m1/s1. The van der Waals surface area contributed by atoms with Gasteiger partial charge in [0.25, 0.3) is 5.91 Å². The zero-order valence-corrected chi connectivity index (χ0v) is 37.3. The minimum absolute atomic E-state index is 0.00193. The van der Waals surface area contributed by atoms with Crippen molar-refractivity contribution < 1.29 is 46.9 Å². The van der Waals surface area contributed by atoms with Gasteiger partial charge in [0.2, 0.25) is 21.8 Å². The second kappa shape index (κ2) is 17.0. The first-order valence-corrected chi connectivity index (χ1v) is 23.4. The molecule has 1 aromatic carbocycles. The number of carbonyl (C=O) groups excluding carboxylic acids is 3. The number of amides is 4. The van der Waals surface area contributed by atoms with Gasteiger partial charge in [-0.05, 0) is 88.3 Å². The number of carboxylic acid groups (broad SMARTS) is 1. The Bertz CT molecular complexity index is 2180. The number of aromatic nitrogens is 1. The summed E-state index contributed by atoms with van der Waals surface area (Å²) in [6.45, 7) is 10.5. The summed E-state index contributed by atoms with van der Waals surface area (Å²) in [5, 5.41) is 14.5. The van der Waals surface area contributed by atoms with Crippen LogP contribution in [0.3, 0.4) is 0 Å². The van der Waals surface area contributed by atoms with Gasteiger partial charge in [-0.3, -0.25) is 24.0 Å². The molecule has 5 aliphatic rings. The highest BCUT2D eigenvalue weighted by Gasteiger charge is 2.64. The highest BCUT2D eigenvalue weighted by molar-refractivity contribution is 7.91. The Balaban J connectivity index is 1.26. The lowest BCUT2D eigenvalue weighted by Crippen LogP contribution is -2.59. The first kappa shape index (κ1) is 44.6. The van der Waals surface area contributed by atoms with Crippen LogP contribution in [0, 0.1) is 11.3 Å². The van der Waals surface area contributed by atoms with E-state index in [2.05, 4.69) is 10.0 Å². The zero-order chi connectivity index (χ0) is 44.0. The Morgan fingerprint density at radius 1 is 1.11 bits per heavy atom. The fraction of sp³-hybridized carbons (Fsp3) is 0.667. The molecule has 61 heavy (non-hydrogen) atoms. The van der Waals surface area contributed by atoms with E-state index in [1.807, 2.05) is 58.0 Å². The van der Waals surface area contributed by atoms with Crippen LogP contribution in [0.25, 0.3) is 10.9 Å². The van der Waals surface area contributed by atoms with E-state index in [1.54, 1.807) is 14.0 Å². The number of sulfonamides is 1. The number of methoxy groups -OCH3 is 1. The van der Waals surface area contributed by atoms with E-state index in [-0.39, 0.29) is 32.4 Å². The van der Waals surface area contributed by atoms with Crippen LogP contribution in [-0.2, 0) is 42.0 Å². The number of ether oxygens (including phenoxy) is 3. The van der Waals surface area contributed by atoms with Gasteiger partial charge in [0, 0.05) is 50.0 Å². The van der Waals surface area contributed by atoms with Gasteiger partial charge in [0.05, 0.1) is 29.1 Å². The molecule has 2 aliphatic carbocycles. The Labute approximate surface area is 359 Å². The van der Waals surface area contributed by atoms with Crippen LogP contribution in [0.15, 0.2) is 30.4 Å². The van der Waals surface area contributed by atoms with Crippen molar-refractivity contribution in [2.45, 2.75) is 146 Å². The molecule has 5 atom stereocenters. The Hall–Kier alpha value is -4.44.